The van der Waals surface area contributed by atoms with E-state index in [1.54, 1.807) is 62.3 Å². The second kappa shape index (κ2) is 13.2. The van der Waals surface area contributed by atoms with Gasteiger partial charge in [-0.05, 0) is 62.3 Å². The molecule has 1 rings (SSSR count). The van der Waals surface area contributed by atoms with Gasteiger partial charge in [0.15, 0.2) is 17.5 Å². The van der Waals surface area contributed by atoms with Crippen molar-refractivity contribution in [2.75, 3.05) is 0 Å². The summed E-state index contributed by atoms with van der Waals surface area (Å²) < 4.78 is 15.5. The zero-order chi connectivity index (χ0) is 30.2. The molecule has 0 spiro atoms. The van der Waals surface area contributed by atoms with Gasteiger partial charge in [0.2, 0.25) is 0 Å². The molecule has 0 amide bonds. The standard InChI is InChI=1S/C27H39N3O9/c1-25(2,3)37-22(34)13-16(31)10-19-28-20(11-17(32)14-23(35)38-26(4,5)6)30-21(29-19)12-18(33)15-24(36)39-27(7,8)9/h10-12,31-33H,13-15H2,1-9H3/b16-10-,17-11-,18-12-. The van der Waals surface area contributed by atoms with Crippen LogP contribution in [-0.4, -0.2) is 65.0 Å². The Labute approximate surface area is 228 Å². The highest BCUT2D eigenvalue weighted by atomic mass is 16.6. The first kappa shape index (κ1) is 33.1. The molecule has 0 aliphatic rings. The zero-order valence-electron chi connectivity index (χ0n) is 24.0. The fourth-order valence-electron chi connectivity index (χ4n) is 2.80. The van der Waals surface area contributed by atoms with E-state index in [1.807, 2.05) is 0 Å². The summed E-state index contributed by atoms with van der Waals surface area (Å²) in [6.07, 6.45) is 1.84. The molecule has 12 nitrogen and oxygen atoms in total. The molecule has 12 heteroatoms. The first-order valence-electron chi connectivity index (χ1n) is 12.2. The third-order valence-corrected chi connectivity index (χ3v) is 3.81. The van der Waals surface area contributed by atoms with E-state index in [0.29, 0.717) is 0 Å². The van der Waals surface area contributed by atoms with Crippen molar-refractivity contribution in [3.63, 3.8) is 0 Å². The molecular weight excluding hydrogens is 510 g/mol. The molecule has 39 heavy (non-hydrogen) atoms. The van der Waals surface area contributed by atoms with Crippen molar-refractivity contribution >= 4 is 36.1 Å². The minimum Gasteiger partial charge on any atom is -0.512 e. The quantitative estimate of drug-likeness (QED) is 0.219. The van der Waals surface area contributed by atoms with E-state index in [-0.39, 0.29) is 17.5 Å². The van der Waals surface area contributed by atoms with Crippen LogP contribution >= 0.6 is 0 Å². The topological polar surface area (TPSA) is 178 Å². The highest BCUT2D eigenvalue weighted by molar-refractivity contribution is 5.75. The van der Waals surface area contributed by atoms with Crippen LogP contribution in [0, 0.1) is 0 Å². The van der Waals surface area contributed by atoms with Crippen LogP contribution in [0.5, 0.6) is 0 Å². The number of ether oxygens (including phenoxy) is 3. The number of hydrogen-bond donors (Lipinski definition) is 3. The largest absolute Gasteiger partial charge is 0.512 e. The number of carbonyl (C=O) groups is 3. The minimum absolute atomic E-state index is 0.140. The highest BCUT2D eigenvalue weighted by Gasteiger charge is 2.20. The van der Waals surface area contributed by atoms with Crippen LogP contribution in [0.15, 0.2) is 17.3 Å². The molecule has 0 unspecified atom stereocenters. The van der Waals surface area contributed by atoms with Gasteiger partial charge >= 0.3 is 17.9 Å². The first-order chi connectivity index (χ1) is 17.6. The van der Waals surface area contributed by atoms with Gasteiger partial charge in [-0.1, -0.05) is 0 Å². The van der Waals surface area contributed by atoms with Crippen LogP contribution in [0.3, 0.4) is 0 Å². The van der Waals surface area contributed by atoms with Gasteiger partial charge in [0.25, 0.3) is 0 Å². The fourth-order valence-corrected chi connectivity index (χ4v) is 2.80. The smallest absolute Gasteiger partial charge is 0.313 e. The molecule has 0 bridgehead atoms. The van der Waals surface area contributed by atoms with Crippen molar-refractivity contribution < 1.29 is 43.9 Å². The van der Waals surface area contributed by atoms with Gasteiger partial charge in [-0.25, -0.2) is 15.0 Å². The molecule has 1 heterocycles. The Balaban J connectivity index is 3.34. The van der Waals surface area contributed by atoms with Crippen molar-refractivity contribution in [3.8, 4) is 0 Å². The summed E-state index contributed by atoms with van der Waals surface area (Å²) in [5.41, 5.74) is -2.26. The fraction of sp³-hybridized carbons (Fsp3) is 0.556. The maximum Gasteiger partial charge on any atom is 0.313 e. The summed E-state index contributed by atoms with van der Waals surface area (Å²) in [5.74, 6) is -3.73. The van der Waals surface area contributed by atoms with Gasteiger partial charge in [0.05, 0.1) is 0 Å². The van der Waals surface area contributed by atoms with E-state index >= 15 is 0 Å². The van der Waals surface area contributed by atoms with Crippen molar-refractivity contribution in [1.29, 1.82) is 0 Å². The van der Waals surface area contributed by atoms with Crippen molar-refractivity contribution in [2.45, 2.75) is 98.4 Å². The van der Waals surface area contributed by atoms with E-state index in [0.717, 1.165) is 18.2 Å². The predicted molar refractivity (Wildman–Crippen MR) is 143 cm³/mol. The molecule has 0 aliphatic carbocycles. The van der Waals surface area contributed by atoms with E-state index in [4.69, 9.17) is 14.2 Å². The summed E-state index contributed by atoms with van der Waals surface area (Å²) in [6, 6.07) is 0. The minimum atomic E-state index is -0.752. The number of rotatable bonds is 9. The van der Waals surface area contributed by atoms with Crippen molar-refractivity contribution in [3.05, 3.63) is 34.8 Å². The average Bonchev–Trinajstić information content (AvgIpc) is 2.61. The highest BCUT2D eigenvalue weighted by Crippen LogP contribution is 2.16. The van der Waals surface area contributed by atoms with Gasteiger partial charge in [-0.15, -0.1) is 0 Å². The third kappa shape index (κ3) is 15.8. The molecule has 0 aliphatic heterocycles. The van der Waals surface area contributed by atoms with Crippen molar-refractivity contribution in [1.82, 2.24) is 15.0 Å². The van der Waals surface area contributed by atoms with Gasteiger partial charge in [0, 0.05) is 18.2 Å². The molecule has 3 N–H and O–H groups in total. The van der Waals surface area contributed by atoms with Gasteiger partial charge in [-0.3, -0.25) is 14.4 Å². The second-order valence-electron chi connectivity index (χ2n) is 11.6. The lowest BCUT2D eigenvalue weighted by Gasteiger charge is -2.19. The Kier molecular flexibility index (Phi) is 11.2. The maximum absolute atomic E-state index is 12.0. The maximum atomic E-state index is 12.0. The van der Waals surface area contributed by atoms with Crippen LogP contribution in [-0.2, 0) is 28.6 Å². The number of hydrogen-bond acceptors (Lipinski definition) is 12. The molecule has 1 aromatic heterocycles. The molecule has 216 valence electrons. The van der Waals surface area contributed by atoms with Crippen LogP contribution in [0.25, 0.3) is 18.2 Å². The number of nitrogens with zero attached hydrogens (tertiary/aromatic N) is 3. The Bertz CT molecular complexity index is 993. The van der Waals surface area contributed by atoms with Crippen LogP contribution in [0.4, 0.5) is 0 Å². The lowest BCUT2D eigenvalue weighted by molar-refractivity contribution is -0.155. The molecule has 0 saturated heterocycles. The molecule has 0 radical (unpaired) electrons. The SMILES string of the molecule is CC(C)(C)OC(=O)C/C(O)=C/c1nc(/C=C(\O)CC(=O)OC(C)(C)C)nc(/C=C(\O)CC(=O)OC(C)(C)C)n1. The number of esters is 3. The zero-order valence-corrected chi connectivity index (χ0v) is 24.0. The molecular formula is C27H39N3O9. The van der Waals surface area contributed by atoms with E-state index in [9.17, 15) is 29.7 Å². The molecule has 0 atom stereocenters. The van der Waals surface area contributed by atoms with Crippen molar-refractivity contribution in [2.24, 2.45) is 0 Å². The number of aliphatic hydroxyl groups is 3. The molecule has 1 aromatic rings. The Hall–Kier alpha value is -3.96. The number of carbonyl (C=O) groups excluding carboxylic acids is 3. The van der Waals surface area contributed by atoms with Gasteiger partial charge in [0.1, 0.15) is 53.3 Å². The summed E-state index contributed by atoms with van der Waals surface area (Å²) in [5, 5.41) is 30.8. The summed E-state index contributed by atoms with van der Waals surface area (Å²) >= 11 is 0. The average molecular weight is 550 g/mol. The Morgan fingerprint density at radius 3 is 0.923 bits per heavy atom. The van der Waals surface area contributed by atoms with Gasteiger partial charge in [-0.2, -0.15) is 0 Å². The summed E-state index contributed by atoms with van der Waals surface area (Å²) in [7, 11) is 0. The lowest BCUT2D eigenvalue weighted by atomic mass is 10.2. The first-order valence-corrected chi connectivity index (χ1v) is 12.2. The predicted octanol–water partition coefficient (Wildman–Crippen LogP) is 4.76. The molecule has 0 saturated carbocycles. The summed E-state index contributed by atoms with van der Waals surface area (Å²) in [6.45, 7) is 15.1. The number of aromatic nitrogens is 3. The Morgan fingerprint density at radius 2 is 0.744 bits per heavy atom. The van der Waals surface area contributed by atoms with Gasteiger partial charge < -0.3 is 29.5 Å². The van der Waals surface area contributed by atoms with E-state index < -0.39 is 71.3 Å². The van der Waals surface area contributed by atoms with Crippen LogP contribution in [0.1, 0.15) is 99.0 Å². The van der Waals surface area contributed by atoms with E-state index in [1.165, 1.54) is 0 Å². The van der Waals surface area contributed by atoms with E-state index in [2.05, 4.69) is 15.0 Å². The van der Waals surface area contributed by atoms with Crippen LogP contribution < -0.4 is 0 Å². The lowest BCUT2D eigenvalue weighted by Crippen LogP contribution is -2.24. The second-order valence-corrected chi connectivity index (χ2v) is 11.6. The Morgan fingerprint density at radius 1 is 0.538 bits per heavy atom. The third-order valence-electron chi connectivity index (χ3n) is 3.81. The van der Waals surface area contributed by atoms with Crippen LogP contribution in [0.2, 0.25) is 0 Å². The number of aliphatic hydroxyl groups excluding tert-OH is 3. The normalized spacial score (nSPS) is 13.6. The molecule has 0 aromatic carbocycles. The molecule has 0 fully saturated rings. The summed E-state index contributed by atoms with van der Waals surface area (Å²) in [4.78, 5) is 48.4. The monoisotopic (exact) mass is 549 g/mol.